The monoisotopic (exact) mass is 394 g/mol. The number of nitrogens with one attached hydrogen (secondary N) is 1. The standard InChI is InChI=1S/C11H8ClIN2O2S/c1-5-9(10(16)17)15-11(18-5)14-8-3-2-6(13)4-7(8)12/h2-4H,1H3,(H,14,15)(H,16,17). The molecule has 1 aromatic carbocycles. The summed E-state index contributed by atoms with van der Waals surface area (Å²) in [6.45, 7) is 1.72. The quantitative estimate of drug-likeness (QED) is 0.768. The Hall–Kier alpha value is -0.860. The summed E-state index contributed by atoms with van der Waals surface area (Å²) < 4.78 is 1.03. The van der Waals surface area contributed by atoms with Crippen LogP contribution in [0.25, 0.3) is 0 Å². The number of hydrogen-bond acceptors (Lipinski definition) is 4. The normalized spacial score (nSPS) is 10.4. The minimum atomic E-state index is -1.02. The molecule has 2 aromatic rings. The molecule has 0 saturated heterocycles. The molecule has 0 atom stereocenters. The van der Waals surface area contributed by atoms with Crippen molar-refractivity contribution < 1.29 is 9.90 Å². The molecule has 0 fully saturated rings. The lowest BCUT2D eigenvalue weighted by Crippen LogP contribution is -1.99. The van der Waals surface area contributed by atoms with Gasteiger partial charge in [-0.2, -0.15) is 0 Å². The molecule has 4 nitrogen and oxygen atoms in total. The molecular formula is C11H8ClIN2O2S. The molecule has 2 N–H and O–H groups in total. The number of aromatic carboxylic acids is 1. The topological polar surface area (TPSA) is 62.2 Å². The number of hydrogen-bond donors (Lipinski definition) is 2. The number of aryl methyl sites for hydroxylation is 1. The van der Waals surface area contributed by atoms with Gasteiger partial charge in [-0.1, -0.05) is 11.6 Å². The van der Waals surface area contributed by atoms with Crippen molar-refractivity contribution in [2.24, 2.45) is 0 Å². The summed E-state index contributed by atoms with van der Waals surface area (Å²) in [5.41, 5.74) is 0.784. The lowest BCUT2D eigenvalue weighted by Gasteiger charge is -2.05. The first-order valence-corrected chi connectivity index (χ1v) is 7.17. The van der Waals surface area contributed by atoms with Gasteiger partial charge < -0.3 is 10.4 Å². The fourth-order valence-corrected chi connectivity index (χ4v) is 3.08. The van der Waals surface area contributed by atoms with Gasteiger partial charge in [0.05, 0.1) is 10.7 Å². The van der Waals surface area contributed by atoms with E-state index in [-0.39, 0.29) is 5.69 Å². The van der Waals surface area contributed by atoms with Crippen LogP contribution in [0.1, 0.15) is 15.4 Å². The van der Waals surface area contributed by atoms with Gasteiger partial charge in [0.25, 0.3) is 0 Å². The van der Waals surface area contributed by atoms with Crippen LogP contribution in [0, 0.1) is 10.5 Å². The largest absolute Gasteiger partial charge is 0.476 e. The minimum absolute atomic E-state index is 0.0733. The number of thiazole rings is 1. The Morgan fingerprint density at radius 2 is 2.28 bits per heavy atom. The van der Waals surface area contributed by atoms with E-state index in [1.54, 1.807) is 6.92 Å². The Bertz CT molecular complexity index is 615. The summed E-state index contributed by atoms with van der Waals surface area (Å²) in [5.74, 6) is -1.02. The first-order valence-electron chi connectivity index (χ1n) is 4.90. The molecule has 0 aliphatic rings. The zero-order valence-corrected chi connectivity index (χ0v) is 12.9. The van der Waals surface area contributed by atoms with Gasteiger partial charge in [-0.05, 0) is 47.7 Å². The molecule has 0 aliphatic heterocycles. The SMILES string of the molecule is Cc1sc(Nc2ccc(I)cc2Cl)nc1C(=O)O. The van der Waals surface area contributed by atoms with Crippen molar-refractivity contribution >= 4 is 62.3 Å². The van der Waals surface area contributed by atoms with Gasteiger partial charge in [0, 0.05) is 8.45 Å². The van der Waals surface area contributed by atoms with Crippen molar-refractivity contribution in [3.63, 3.8) is 0 Å². The number of halogens is 2. The Morgan fingerprint density at radius 3 is 2.83 bits per heavy atom. The average Bonchev–Trinajstić information content (AvgIpc) is 2.64. The van der Waals surface area contributed by atoms with E-state index < -0.39 is 5.97 Å². The van der Waals surface area contributed by atoms with E-state index in [0.717, 1.165) is 3.57 Å². The van der Waals surface area contributed by atoms with Crippen molar-refractivity contribution in [3.05, 3.63) is 37.4 Å². The number of carbonyl (C=O) groups is 1. The highest BCUT2D eigenvalue weighted by Gasteiger charge is 2.14. The third-order valence-electron chi connectivity index (χ3n) is 2.17. The Morgan fingerprint density at radius 1 is 1.56 bits per heavy atom. The molecule has 2 rings (SSSR count). The molecule has 0 aliphatic carbocycles. The van der Waals surface area contributed by atoms with E-state index in [9.17, 15) is 4.79 Å². The van der Waals surface area contributed by atoms with Crippen molar-refractivity contribution in [2.75, 3.05) is 5.32 Å². The zero-order valence-electron chi connectivity index (χ0n) is 9.20. The van der Waals surface area contributed by atoms with E-state index in [4.69, 9.17) is 16.7 Å². The van der Waals surface area contributed by atoms with Gasteiger partial charge in [0.15, 0.2) is 10.8 Å². The van der Waals surface area contributed by atoms with Gasteiger partial charge in [0.2, 0.25) is 0 Å². The van der Waals surface area contributed by atoms with Crippen LogP contribution in [0.2, 0.25) is 5.02 Å². The number of carboxylic acids is 1. The second-order valence-corrected chi connectivity index (χ2v) is 6.33. The smallest absolute Gasteiger partial charge is 0.355 e. The Kier molecular flexibility index (Phi) is 4.08. The number of carboxylic acid groups (broad SMARTS) is 1. The lowest BCUT2D eigenvalue weighted by molar-refractivity contribution is 0.0690. The first kappa shape index (κ1) is 13.6. The van der Waals surface area contributed by atoms with E-state index in [0.29, 0.717) is 20.7 Å². The first-order chi connectivity index (χ1) is 8.47. The molecule has 0 spiro atoms. The predicted molar refractivity (Wildman–Crippen MR) is 81.3 cm³/mol. The van der Waals surface area contributed by atoms with Gasteiger partial charge in [0.1, 0.15) is 0 Å². The summed E-state index contributed by atoms with van der Waals surface area (Å²) in [7, 11) is 0. The molecule has 18 heavy (non-hydrogen) atoms. The van der Waals surface area contributed by atoms with Crippen LogP contribution in [0.4, 0.5) is 10.8 Å². The fourth-order valence-electron chi connectivity index (χ4n) is 1.35. The molecule has 0 radical (unpaired) electrons. The maximum Gasteiger partial charge on any atom is 0.355 e. The van der Waals surface area contributed by atoms with Crippen LogP contribution in [0.3, 0.4) is 0 Å². The van der Waals surface area contributed by atoms with E-state index in [1.165, 1.54) is 11.3 Å². The second kappa shape index (κ2) is 5.41. The predicted octanol–water partition coefficient (Wildman–Crippen LogP) is 4.15. The highest BCUT2D eigenvalue weighted by molar-refractivity contribution is 14.1. The van der Waals surface area contributed by atoms with Crippen molar-refractivity contribution in [1.82, 2.24) is 4.98 Å². The van der Waals surface area contributed by atoms with Crippen molar-refractivity contribution in [3.8, 4) is 0 Å². The third-order valence-corrected chi connectivity index (χ3v) is 4.04. The van der Waals surface area contributed by atoms with E-state index >= 15 is 0 Å². The summed E-state index contributed by atoms with van der Waals surface area (Å²) >= 11 is 9.54. The van der Waals surface area contributed by atoms with Crippen LogP contribution in [-0.2, 0) is 0 Å². The number of rotatable bonds is 3. The summed E-state index contributed by atoms with van der Waals surface area (Å²) in [4.78, 5) is 15.6. The Labute approximate surface area is 126 Å². The number of anilines is 2. The van der Waals surface area contributed by atoms with E-state index in [2.05, 4.69) is 32.9 Å². The molecule has 0 unspecified atom stereocenters. The van der Waals surface area contributed by atoms with Crippen LogP contribution in [0.15, 0.2) is 18.2 Å². The second-order valence-electron chi connectivity index (χ2n) is 3.48. The van der Waals surface area contributed by atoms with E-state index in [1.807, 2.05) is 18.2 Å². The highest BCUT2D eigenvalue weighted by Crippen LogP contribution is 2.30. The van der Waals surface area contributed by atoms with Gasteiger partial charge in [-0.3, -0.25) is 0 Å². The summed E-state index contributed by atoms with van der Waals surface area (Å²) in [5, 5.41) is 13.0. The molecule has 0 saturated carbocycles. The number of aromatic nitrogens is 1. The van der Waals surface area contributed by atoms with Gasteiger partial charge >= 0.3 is 5.97 Å². The number of benzene rings is 1. The maximum absolute atomic E-state index is 10.9. The number of nitrogens with zero attached hydrogens (tertiary/aromatic N) is 1. The van der Waals surface area contributed by atoms with Gasteiger partial charge in [-0.15, -0.1) is 11.3 Å². The maximum atomic E-state index is 10.9. The van der Waals surface area contributed by atoms with Crippen LogP contribution in [-0.4, -0.2) is 16.1 Å². The van der Waals surface area contributed by atoms with Gasteiger partial charge in [-0.25, -0.2) is 9.78 Å². The lowest BCUT2D eigenvalue weighted by atomic mass is 10.3. The zero-order chi connectivity index (χ0) is 13.3. The highest BCUT2D eigenvalue weighted by atomic mass is 127. The van der Waals surface area contributed by atoms with Crippen molar-refractivity contribution in [2.45, 2.75) is 6.92 Å². The molecular weight excluding hydrogens is 387 g/mol. The molecule has 1 aromatic heterocycles. The van der Waals surface area contributed by atoms with Crippen molar-refractivity contribution in [1.29, 1.82) is 0 Å². The van der Waals surface area contributed by atoms with Crippen LogP contribution in [0.5, 0.6) is 0 Å². The minimum Gasteiger partial charge on any atom is -0.476 e. The third kappa shape index (κ3) is 2.93. The molecule has 1 heterocycles. The molecule has 0 bridgehead atoms. The fraction of sp³-hybridized carbons (Fsp3) is 0.0909. The van der Waals surface area contributed by atoms with Crippen LogP contribution < -0.4 is 5.32 Å². The summed E-state index contributed by atoms with van der Waals surface area (Å²) in [6, 6.07) is 5.57. The molecule has 94 valence electrons. The van der Waals surface area contributed by atoms with Crippen LogP contribution >= 0.6 is 45.5 Å². The average molecular weight is 395 g/mol. The molecule has 0 amide bonds. The molecule has 7 heteroatoms. The summed E-state index contributed by atoms with van der Waals surface area (Å²) in [6.07, 6.45) is 0. The Balaban J connectivity index is 2.29.